The molecule has 0 saturated carbocycles. The van der Waals surface area contributed by atoms with E-state index in [4.69, 9.17) is 38.4 Å². The second-order valence-corrected chi connectivity index (χ2v) is 6.79. The molecule has 0 spiro atoms. The van der Waals surface area contributed by atoms with Gasteiger partial charge >= 0.3 is 0 Å². The van der Waals surface area contributed by atoms with Crippen molar-refractivity contribution >= 4 is 40.5 Å². The summed E-state index contributed by atoms with van der Waals surface area (Å²) < 4.78 is 11.3. The number of benzene rings is 1. The largest absolute Gasteiger partial charge is 0.396 e. The number of rotatable bonds is 6. The third kappa shape index (κ3) is 4.98. The van der Waals surface area contributed by atoms with Gasteiger partial charge in [-0.2, -0.15) is 0 Å². The molecular formula is C16H22Cl2N2O3. The maximum Gasteiger partial charge on any atom is 0.253 e. The molecule has 1 aromatic carbocycles. The number of ether oxygens (including phenoxy) is 2. The first-order valence-electron chi connectivity index (χ1n) is 7.67. The van der Waals surface area contributed by atoms with Crippen LogP contribution in [0.5, 0.6) is 0 Å². The predicted octanol–water partition coefficient (Wildman–Crippen LogP) is 3.73. The van der Waals surface area contributed by atoms with Crippen molar-refractivity contribution in [2.45, 2.75) is 38.9 Å². The Balaban J connectivity index is 2.00. The molecule has 0 radical (unpaired) electrons. The summed E-state index contributed by atoms with van der Waals surface area (Å²) in [6.45, 7) is 5.04. The highest BCUT2D eigenvalue weighted by Gasteiger charge is 2.26. The number of amides is 1. The van der Waals surface area contributed by atoms with Gasteiger partial charge in [-0.05, 0) is 30.9 Å². The lowest BCUT2D eigenvalue weighted by Gasteiger charge is -2.22. The van der Waals surface area contributed by atoms with Crippen LogP contribution in [0.3, 0.4) is 0 Å². The van der Waals surface area contributed by atoms with Crippen molar-refractivity contribution in [3.05, 3.63) is 22.2 Å². The first kappa shape index (κ1) is 18.3. The first-order chi connectivity index (χ1) is 10.9. The summed E-state index contributed by atoms with van der Waals surface area (Å²) in [5.74, 6) is -0.217. The molecule has 1 aliphatic heterocycles. The number of anilines is 2. The zero-order chi connectivity index (χ0) is 17.0. The van der Waals surface area contributed by atoms with Gasteiger partial charge in [-0.15, -0.1) is 0 Å². The summed E-state index contributed by atoms with van der Waals surface area (Å²) >= 11 is 12.0. The van der Waals surface area contributed by atoms with E-state index in [9.17, 15) is 4.79 Å². The van der Waals surface area contributed by atoms with Crippen molar-refractivity contribution < 1.29 is 14.3 Å². The van der Waals surface area contributed by atoms with Crippen LogP contribution in [0.15, 0.2) is 12.1 Å². The van der Waals surface area contributed by atoms with Crippen LogP contribution in [-0.2, 0) is 14.3 Å². The minimum absolute atomic E-state index is 0.0242. The van der Waals surface area contributed by atoms with Gasteiger partial charge in [-0.1, -0.05) is 37.0 Å². The molecule has 0 aliphatic carbocycles. The third-order valence-corrected chi connectivity index (χ3v) is 4.32. The highest BCUT2D eigenvalue weighted by atomic mass is 35.5. The van der Waals surface area contributed by atoms with Gasteiger partial charge in [0.05, 0.1) is 28.4 Å². The van der Waals surface area contributed by atoms with Crippen LogP contribution >= 0.6 is 23.2 Å². The van der Waals surface area contributed by atoms with Crippen LogP contribution in [0.4, 0.5) is 11.4 Å². The standard InChI is InChI=1S/C16H22Cl2N2O3/c1-9(2)15(23-8-11-4-3-5-22-11)16(21)20-10-6-12(17)14(19)13(18)7-10/h6-7,9,11,15H,3-5,8,19H2,1-2H3,(H,20,21). The Morgan fingerprint density at radius 2 is 2.09 bits per heavy atom. The van der Waals surface area contributed by atoms with E-state index in [2.05, 4.69) is 5.32 Å². The zero-order valence-electron chi connectivity index (χ0n) is 13.3. The van der Waals surface area contributed by atoms with E-state index in [1.807, 2.05) is 13.8 Å². The molecule has 128 valence electrons. The number of nitrogens with one attached hydrogen (secondary N) is 1. The fourth-order valence-electron chi connectivity index (χ4n) is 2.43. The predicted molar refractivity (Wildman–Crippen MR) is 93.1 cm³/mol. The van der Waals surface area contributed by atoms with Gasteiger partial charge in [0.15, 0.2) is 0 Å². The van der Waals surface area contributed by atoms with Crippen molar-refractivity contribution in [3.63, 3.8) is 0 Å². The van der Waals surface area contributed by atoms with Gasteiger partial charge in [0, 0.05) is 12.3 Å². The molecule has 0 bridgehead atoms. The van der Waals surface area contributed by atoms with Crippen molar-refractivity contribution in [1.82, 2.24) is 0 Å². The lowest BCUT2D eigenvalue weighted by atomic mass is 10.1. The zero-order valence-corrected chi connectivity index (χ0v) is 14.8. The number of halogens is 2. The van der Waals surface area contributed by atoms with Crippen LogP contribution in [-0.4, -0.2) is 31.3 Å². The molecule has 1 aliphatic rings. The number of hydrogen-bond donors (Lipinski definition) is 2. The Bertz CT molecular complexity index is 537. The smallest absolute Gasteiger partial charge is 0.253 e. The molecule has 1 saturated heterocycles. The fraction of sp³-hybridized carbons (Fsp3) is 0.562. The van der Waals surface area contributed by atoms with Crippen LogP contribution in [0.2, 0.25) is 10.0 Å². The fourth-order valence-corrected chi connectivity index (χ4v) is 2.91. The van der Waals surface area contributed by atoms with Gasteiger partial charge in [-0.25, -0.2) is 0 Å². The Morgan fingerprint density at radius 1 is 1.43 bits per heavy atom. The first-order valence-corrected chi connectivity index (χ1v) is 8.42. The van der Waals surface area contributed by atoms with Crippen molar-refractivity contribution in [2.75, 3.05) is 24.3 Å². The summed E-state index contributed by atoms with van der Waals surface area (Å²) in [7, 11) is 0. The van der Waals surface area contributed by atoms with E-state index in [1.54, 1.807) is 12.1 Å². The Morgan fingerprint density at radius 3 is 2.61 bits per heavy atom. The molecule has 1 fully saturated rings. The topological polar surface area (TPSA) is 73.6 Å². The molecule has 0 aromatic heterocycles. The summed E-state index contributed by atoms with van der Waals surface area (Å²) in [6.07, 6.45) is 1.50. The number of hydrogen-bond acceptors (Lipinski definition) is 4. The quantitative estimate of drug-likeness (QED) is 0.757. The van der Waals surface area contributed by atoms with Crippen LogP contribution in [0.25, 0.3) is 0 Å². The molecule has 5 nitrogen and oxygen atoms in total. The molecule has 2 unspecified atom stereocenters. The SMILES string of the molecule is CC(C)C(OCC1CCCO1)C(=O)Nc1cc(Cl)c(N)c(Cl)c1. The summed E-state index contributed by atoms with van der Waals surface area (Å²) in [5.41, 5.74) is 6.48. The van der Waals surface area contributed by atoms with E-state index >= 15 is 0 Å². The molecule has 7 heteroatoms. The highest BCUT2D eigenvalue weighted by molar-refractivity contribution is 6.39. The second kappa shape index (κ2) is 8.20. The van der Waals surface area contributed by atoms with Crippen molar-refractivity contribution in [1.29, 1.82) is 0 Å². The number of carbonyl (C=O) groups is 1. The minimum Gasteiger partial charge on any atom is -0.396 e. The summed E-state index contributed by atoms with van der Waals surface area (Å²) in [4.78, 5) is 12.5. The van der Waals surface area contributed by atoms with Crippen molar-refractivity contribution in [2.24, 2.45) is 5.92 Å². The Labute approximate surface area is 146 Å². The maximum absolute atomic E-state index is 12.5. The van der Waals surface area contributed by atoms with Crippen LogP contribution in [0, 0.1) is 5.92 Å². The lowest BCUT2D eigenvalue weighted by Crippen LogP contribution is -2.36. The number of nitrogen functional groups attached to an aromatic ring is 1. The van der Waals surface area contributed by atoms with E-state index in [0.29, 0.717) is 28.0 Å². The van der Waals surface area contributed by atoms with Crippen LogP contribution < -0.4 is 11.1 Å². The van der Waals surface area contributed by atoms with Gasteiger partial charge in [-0.3, -0.25) is 4.79 Å². The maximum atomic E-state index is 12.5. The Hall–Kier alpha value is -1.01. The molecule has 23 heavy (non-hydrogen) atoms. The monoisotopic (exact) mass is 360 g/mol. The van der Waals surface area contributed by atoms with E-state index in [1.165, 1.54) is 0 Å². The van der Waals surface area contributed by atoms with Crippen molar-refractivity contribution in [3.8, 4) is 0 Å². The van der Waals surface area contributed by atoms with Gasteiger partial charge in [0.1, 0.15) is 6.10 Å². The lowest BCUT2D eigenvalue weighted by molar-refractivity contribution is -0.132. The average molecular weight is 361 g/mol. The van der Waals surface area contributed by atoms with E-state index < -0.39 is 6.10 Å². The molecule has 1 heterocycles. The molecule has 1 amide bonds. The Kier molecular flexibility index (Phi) is 6.53. The van der Waals surface area contributed by atoms with E-state index in [-0.39, 0.29) is 17.9 Å². The highest BCUT2D eigenvalue weighted by Crippen LogP contribution is 2.31. The summed E-state index contributed by atoms with van der Waals surface area (Å²) in [6, 6.07) is 3.14. The van der Waals surface area contributed by atoms with Gasteiger partial charge < -0.3 is 20.5 Å². The summed E-state index contributed by atoms with van der Waals surface area (Å²) in [5, 5.41) is 3.38. The molecule has 3 N–H and O–H groups in total. The molecule has 1 aromatic rings. The third-order valence-electron chi connectivity index (χ3n) is 3.70. The normalized spacial score (nSPS) is 19.1. The second-order valence-electron chi connectivity index (χ2n) is 5.98. The number of nitrogens with two attached hydrogens (primary N) is 1. The molecule has 2 rings (SSSR count). The van der Waals surface area contributed by atoms with Gasteiger partial charge in [0.2, 0.25) is 0 Å². The van der Waals surface area contributed by atoms with Gasteiger partial charge in [0.25, 0.3) is 5.91 Å². The van der Waals surface area contributed by atoms with E-state index in [0.717, 1.165) is 19.4 Å². The number of carbonyl (C=O) groups excluding carboxylic acids is 1. The molecular weight excluding hydrogens is 339 g/mol. The average Bonchev–Trinajstić information content (AvgIpc) is 2.97. The molecule has 2 atom stereocenters. The van der Waals surface area contributed by atoms with Crippen LogP contribution in [0.1, 0.15) is 26.7 Å². The minimum atomic E-state index is -0.575.